The van der Waals surface area contributed by atoms with Gasteiger partial charge in [-0.3, -0.25) is 4.79 Å². The average Bonchev–Trinajstić information content (AvgIpc) is 2.96. The molecular weight excluding hydrogens is 338 g/mol. The maximum Gasteiger partial charge on any atom is 0.257 e. The first kappa shape index (κ1) is 18.7. The second-order valence-corrected chi connectivity index (χ2v) is 6.86. The van der Waals surface area contributed by atoms with Crippen molar-refractivity contribution in [3.8, 4) is 5.88 Å². The van der Waals surface area contributed by atoms with E-state index in [0.717, 1.165) is 17.0 Å². The molecule has 0 fully saturated rings. The van der Waals surface area contributed by atoms with Crippen molar-refractivity contribution in [2.24, 2.45) is 0 Å². The van der Waals surface area contributed by atoms with Crippen LogP contribution in [0, 0.1) is 13.8 Å². The van der Waals surface area contributed by atoms with Gasteiger partial charge in [0.25, 0.3) is 5.91 Å². The fourth-order valence-electron chi connectivity index (χ4n) is 3.27. The van der Waals surface area contributed by atoms with Gasteiger partial charge in [-0.05, 0) is 45.4 Å². The van der Waals surface area contributed by atoms with E-state index < -0.39 is 0 Å². The summed E-state index contributed by atoms with van der Waals surface area (Å²) in [6.07, 6.45) is 1.61. The maximum atomic E-state index is 12.6. The molecule has 0 aliphatic heterocycles. The zero-order valence-corrected chi connectivity index (χ0v) is 16.2. The maximum absolute atomic E-state index is 12.6. The molecule has 0 saturated carbocycles. The molecule has 0 aliphatic carbocycles. The Labute approximate surface area is 160 Å². The summed E-state index contributed by atoms with van der Waals surface area (Å²) in [5, 5.41) is 2.91. The van der Waals surface area contributed by atoms with Gasteiger partial charge in [0, 0.05) is 23.5 Å². The van der Waals surface area contributed by atoms with Crippen molar-refractivity contribution in [3.63, 3.8) is 0 Å². The van der Waals surface area contributed by atoms with Crippen LogP contribution in [0.1, 0.15) is 47.2 Å². The quantitative estimate of drug-likeness (QED) is 0.677. The summed E-state index contributed by atoms with van der Waals surface area (Å²) in [6, 6.07) is 15.7. The number of hydrogen-bond donors (Lipinski definition) is 1. The molecule has 0 radical (unpaired) electrons. The summed E-state index contributed by atoms with van der Waals surface area (Å²) in [5.41, 5.74) is 4.45. The molecule has 0 bridgehead atoms. The van der Waals surface area contributed by atoms with Gasteiger partial charge < -0.3 is 14.6 Å². The molecule has 140 valence electrons. The first-order valence-electron chi connectivity index (χ1n) is 9.08. The SMILES string of the molecule is Cc1cc(C(=O)Nc2ccc(OCc3ccccc3)nc2)c(C)n1C(C)C. The van der Waals surface area contributed by atoms with E-state index in [1.165, 1.54) is 0 Å². The molecule has 0 unspecified atom stereocenters. The Hall–Kier alpha value is -3.08. The monoisotopic (exact) mass is 363 g/mol. The molecule has 5 heteroatoms. The third-order valence-electron chi connectivity index (χ3n) is 4.47. The zero-order valence-electron chi connectivity index (χ0n) is 16.2. The molecular formula is C22H25N3O2. The van der Waals surface area contributed by atoms with Gasteiger partial charge in [-0.2, -0.15) is 0 Å². The Morgan fingerprint density at radius 1 is 1.15 bits per heavy atom. The van der Waals surface area contributed by atoms with E-state index >= 15 is 0 Å². The molecule has 5 nitrogen and oxygen atoms in total. The minimum Gasteiger partial charge on any atom is -0.473 e. The number of carbonyl (C=O) groups is 1. The highest BCUT2D eigenvalue weighted by atomic mass is 16.5. The molecule has 2 heterocycles. The van der Waals surface area contributed by atoms with Gasteiger partial charge in [0.2, 0.25) is 5.88 Å². The lowest BCUT2D eigenvalue weighted by Crippen LogP contribution is -2.14. The third-order valence-corrected chi connectivity index (χ3v) is 4.47. The van der Waals surface area contributed by atoms with Crippen LogP contribution in [-0.2, 0) is 6.61 Å². The van der Waals surface area contributed by atoms with E-state index in [4.69, 9.17) is 4.74 Å². The summed E-state index contributed by atoms with van der Waals surface area (Å²) in [5.74, 6) is 0.393. The van der Waals surface area contributed by atoms with Gasteiger partial charge in [0.15, 0.2) is 0 Å². The van der Waals surface area contributed by atoms with Crippen LogP contribution in [-0.4, -0.2) is 15.5 Å². The molecule has 1 N–H and O–H groups in total. The second kappa shape index (κ2) is 8.08. The van der Waals surface area contributed by atoms with Crippen molar-refractivity contribution in [3.05, 3.63) is 77.2 Å². The summed E-state index contributed by atoms with van der Waals surface area (Å²) in [7, 11) is 0. The Kier molecular flexibility index (Phi) is 5.60. The van der Waals surface area contributed by atoms with Crippen LogP contribution in [0.2, 0.25) is 0 Å². The smallest absolute Gasteiger partial charge is 0.257 e. The zero-order chi connectivity index (χ0) is 19.4. The van der Waals surface area contributed by atoms with Crippen molar-refractivity contribution in [1.29, 1.82) is 0 Å². The highest BCUT2D eigenvalue weighted by Gasteiger charge is 2.17. The molecule has 2 aromatic heterocycles. The number of benzene rings is 1. The largest absolute Gasteiger partial charge is 0.473 e. The fourth-order valence-corrected chi connectivity index (χ4v) is 3.27. The number of ether oxygens (including phenoxy) is 1. The van der Waals surface area contributed by atoms with Crippen LogP contribution in [0.3, 0.4) is 0 Å². The van der Waals surface area contributed by atoms with Gasteiger partial charge in [-0.1, -0.05) is 30.3 Å². The molecule has 0 saturated heterocycles. The highest BCUT2D eigenvalue weighted by Crippen LogP contribution is 2.21. The van der Waals surface area contributed by atoms with E-state index in [1.807, 2.05) is 50.2 Å². The molecule has 27 heavy (non-hydrogen) atoms. The number of anilines is 1. The van der Waals surface area contributed by atoms with E-state index in [1.54, 1.807) is 18.3 Å². The molecule has 0 aliphatic rings. The predicted molar refractivity (Wildman–Crippen MR) is 107 cm³/mol. The molecule has 0 spiro atoms. The van der Waals surface area contributed by atoms with Gasteiger partial charge in [0.1, 0.15) is 6.61 Å². The molecule has 1 amide bonds. The third kappa shape index (κ3) is 4.37. The minimum absolute atomic E-state index is 0.130. The Balaban J connectivity index is 1.64. The topological polar surface area (TPSA) is 56.1 Å². The van der Waals surface area contributed by atoms with Crippen LogP contribution < -0.4 is 10.1 Å². The number of pyridine rings is 1. The number of nitrogens with one attached hydrogen (secondary N) is 1. The van der Waals surface area contributed by atoms with Gasteiger partial charge in [0.05, 0.1) is 17.4 Å². The summed E-state index contributed by atoms with van der Waals surface area (Å²) in [4.78, 5) is 16.9. The number of amides is 1. The number of carbonyl (C=O) groups excluding carboxylic acids is 1. The van der Waals surface area contributed by atoms with Gasteiger partial charge in [-0.15, -0.1) is 0 Å². The Morgan fingerprint density at radius 3 is 2.48 bits per heavy atom. The van der Waals surface area contributed by atoms with Crippen molar-refractivity contribution < 1.29 is 9.53 Å². The number of hydrogen-bond acceptors (Lipinski definition) is 3. The molecule has 1 aromatic carbocycles. The summed E-state index contributed by atoms with van der Waals surface area (Å²) >= 11 is 0. The van der Waals surface area contributed by atoms with Crippen LogP contribution in [0.4, 0.5) is 5.69 Å². The lowest BCUT2D eigenvalue weighted by Gasteiger charge is -2.13. The van der Waals surface area contributed by atoms with Crippen molar-refractivity contribution in [2.75, 3.05) is 5.32 Å². The van der Waals surface area contributed by atoms with Crippen LogP contribution in [0.15, 0.2) is 54.7 Å². The van der Waals surface area contributed by atoms with Crippen LogP contribution in [0.5, 0.6) is 5.88 Å². The van der Waals surface area contributed by atoms with Crippen molar-refractivity contribution in [2.45, 2.75) is 40.3 Å². The minimum atomic E-state index is -0.130. The van der Waals surface area contributed by atoms with Crippen molar-refractivity contribution >= 4 is 11.6 Å². The fraction of sp³-hybridized carbons (Fsp3) is 0.273. The van der Waals surface area contributed by atoms with Crippen LogP contribution in [0.25, 0.3) is 0 Å². The van der Waals surface area contributed by atoms with E-state index in [0.29, 0.717) is 29.8 Å². The first-order chi connectivity index (χ1) is 13.0. The van der Waals surface area contributed by atoms with E-state index in [9.17, 15) is 4.79 Å². The molecule has 3 aromatic rings. The lowest BCUT2D eigenvalue weighted by atomic mass is 10.2. The van der Waals surface area contributed by atoms with Crippen molar-refractivity contribution in [1.82, 2.24) is 9.55 Å². The normalized spacial score (nSPS) is 10.9. The standard InChI is InChI=1S/C22H25N3O2/c1-15(2)25-16(3)12-20(17(25)4)22(26)24-19-10-11-21(23-13-19)27-14-18-8-6-5-7-9-18/h5-13,15H,14H2,1-4H3,(H,24,26). The van der Waals surface area contributed by atoms with Gasteiger partial charge >= 0.3 is 0 Å². The Bertz CT molecular complexity index is 913. The second-order valence-electron chi connectivity index (χ2n) is 6.86. The summed E-state index contributed by atoms with van der Waals surface area (Å²) < 4.78 is 7.83. The average molecular weight is 363 g/mol. The number of aromatic nitrogens is 2. The number of nitrogens with zero attached hydrogens (tertiary/aromatic N) is 2. The molecule has 0 atom stereocenters. The number of aryl methyl sites for hydroxylation is 1. The number of rotatable bonds is 6. The highest BCUT2D eigenvalue weighted by molar-refractivity contribution is 6.05. The summed E-state index contributed by atoms with van der Waals surface area (Å²) in [6.45, 7) is 8.67. The van der Waals surface area contributed by atoms with E-state index in [2.05, 4.69) is 28.7 Å². The van der Waals surface area contributed by atoms with Gasteiger partial charge in [-0.25, -0.2) is 4.98 Å². The predicted octanol–water partition coefficient (Wildman–Crippen LogP) is 4.91. The molecule has 3 rings (SSSR count). The Morgan fingerprint density at radius 2 is 1.89 bits per heavy atom. The lowest BCUT2D eigenvalue weighted by molar-refractivity contribution is 0.102. The van der Waals surface area contributed by atoms with Crippen LogP contribution >= 0.6 is 0 Å². The van der Waals surface area contributed by atoms with E-state index in [-0.39, 0.29) is 5.91 Å². The first-order valence-corrected chi connectivity index (χ1v) is 9.08.